The van der Waals surface area contributed by atoms with Gasteiger partial charge < -0.3 is 14.8 Å². The Morgan fingerprint density at radius 2 is 1.73 bits per heavy atom. The summed E-state index contributed by atoms with van der Waals surface area (Å²) in [6, 6.07) is 11.6. The first-order valence-corrected chi connectivity index (χ1v) is 9.01. The lowest BCUT2D eigenvalue weighted by Gasteiger charge is -2.19. The lowest BCUT2D eigenvalue weighted by molar-refractivity contribution is 0.0926. The van der Waals surface area contributed by atoms with Crippen LogP contribution in [0.2, 0.25) is 0 Å². The maximum absolute atomic E-state index is 12.7. The monoisotopic (exact) mass is 355 g/mol. The van der Waals surface area contributed by atoms with Gasteiger partial charge >= 0.3 is 0 Å². The Hall–Kier alpha value is -2.49. The first-order valence-electron chi connectivity index (χ1n) is 9.01. The van der Waals surface area contributed by atoms with Crippen molar-refractivity contribution in [1.29, 1.82) is 0 Å². The molecule has 0 saturated carbocycles. The van der Waals surface area contributed by atoms with E-state index in [4.69, 9.17) is 9.47 Å². The number of methoxy groups -OCH3 is 1. The summed E-state index contributed by atoms with van der Waals surface area (Å²) in [5, 5.41) is 3.03. The second-order valence-corrected chi connectivity index (χ2v) is 7.01. The molecule has 0 fully saturated rings. The third-order valence-corrected chi connectivity index (χ3v) is 4.40. The van der Waals surface area contributed by atoms with Crippen LogP contribution in [0.1, 0.15) is 53.7 Å². The fourth-order valence-corrected chi connectivity index (χ4v) is 2.85. The van der Waals surface area contributed by atoms with Crippen molar-refractivity contribution < 1.29 is 14.3 Å². The topological polar surface area (TPSA) is 47.6 Å². The van der Waals surface area contributed by atoms with Crippen molar-refractivity contribution in [3.05, 3.63) is 58.7 Å². The zero-order chi connectivity index (χ0) is 19.3. The minimum atomic E-state index is -0.105. The van der Waals surface area contributed by atoms with E-state index in [-0.39, 0.29) is 17.9 Å². The maximum Gasteiger partial charge on any atom is 0.251 e. The SMILES string of the molecule is COc1cc(C)c(C(=O)N[C@@H](C)COc2ccccc2C)cc1C(C)C. The van der Waals surface area contributed by atoms with Gasteiger partial charge in [0.15, 0.2) is 0 Å². The molecule has 1 N–H and O–H groups in total. The van der Waals surface area contributed by atoms with Crippen molar-refractivity contribution in [2.45, 2.75) is 46.6 Å². The standard InChI is InChI=1S/C22H29NO3/c1-14(2)18-12-19(16(4)11-21(18)25-6)22(24)23-17(5)13-26-20-10-8-7-9-15(20)3/h7-12,14,17H,13H2,1-6H3,(H,23,24)/t17-/m0/s1. The van der Waals surface area contributed by atoms with E-state index in [1.807, 2.05) is 57.2 Å². The summed E-state index contributed by atoms with van der Waals surface area (Å²) >= 11 is 0. The van der Waals surface area contributed by atoms with Crippen LogP contribution in [0.15, 0.2) is 36.4 Å². The number of ether oxygens (including phenoxy) is 2. The second-order valence-electron chi connectivity index (χ2n) is 7.01. The van der Waals surface area contributed by atoms with Crippen LogP contribution in [0.25, 0.3) is 0 Å². The van der Waals surface area contributed by atoms with Crippen molar-refractivity contribution >= 4 is 5.91 Å². The molecule has 0 bridgehead atoms. The highest BCUT2D eigenvalue weighted by atomic mass is 16.5. The Morgan fingerprint density at radius 1 is 1.04 bits per heavy atom. The third kappa shape index (κ3) is 4.78. The minimum absolute atomic E-state index is 0.0899. The van der Waals surface area contributed by atoms with Gasteiger partial charge in [0.2, 0.25) is 0 Å². The molecule has 4 nitrogen and oxygen atoms in total. The molecular formula is C22H29NO3. The molecule has 4 heteroatoms. The molecule has 2 rings (SSSR count). The molecule has 0 aliphatic carbocycles. The van der Waals surface area contributed by atoms with E-state index < -0.39 is 0 Å². The number of carbonyl (C=O) groups is 1. The van der Waals surface area contributed by atoms with Crippen molar-refractivity contribution in [2.24, 2.45) is 0 Å². The predicted octanol–water partition coefficient (Wildman–Crippen LogP) is 4.63. The molecule has 0 aliphatic heterocycles. The van der Waals surface area contributed by atoms with Crippen LogP contribution >= 0.6 is 0 Å². The van der Waals surface area contributed by atoms with Gasteiger partial charge in [0.25, 0.3) is 5.91 Å². The summed E-state index contributed by atoms with van der Waals surface area (Å²) < 4.78 is 11.3. The molecule has 0 unspecified atom stereocenters. The van der Waals surface area contributed by atoms with Crippen molar-refractivity contribution in [2.75, 3.05) is 13.7 Å². The van der Waals surface area contributed by atoms with Gasteiger partial charge in [-0.2, -0.15) is 0 Å². The highest BCUT2D eigenvalue weighted by Crippen LogP contribution is 2.29. The highest BCUT2D eigenvalue weighted by molar-refractivity contribution is 5.96. The number of aryl methyl sites for hydroxylation is 2. The largest absolute Gasteiger partial charge is 0.496 e. The summed E-state index contributed by atoms with van der Waals surface area (Å²) in [7, 11) is 1.66. The lowest BCUT2D eigenvalue weighted by Crippen LogP contribution is -2.37. The fourth-order valence-electron chi connectivity index (χ4n) is 2.85. The molecule has 0 spiro atoms. The number of rotatable bonds is 7. The number of amides is 1. The number of para-hydroxylation sites is 1. The molecular weight excluding hydrogens is 326 g/mol. The molecule has 0 heterocycles. The van der Waals surface area contributed by atoms with Crippen molar-refractivity contribution in [3.8, 4) is 11.5 Å². The normalized spacial score (nSPS) is 12.0. The first-order chi connectivity index (χ1) is 12.3. The molecule has 26 heavy (non-hydrogen) atoms. The Kier molecular flexibility index (Phi) is 6.67. The zero-order valence-corrected chi connectivity index (χ0v) is 16.6. The molecule has 0 aromatic heterocycles. The molecule has 2 aromatic rings. The van der Waals surface area contributed by atoms with Crippen LogP contribution in [0, 0.1) is 13.8 Å². The number of hydrogen-bond donors (Lipinski definition) is 1. The zero-order valence-electron chi connectivity index (χ0n) is 16.6. The second kappa shape index (κ2) is 8.75. The van der Waals surface area contributed by atoms with E-state index in [2.05, 4.69) is 19.2 Å². The van der Waals surface area contributed by atoms with Gasteiger partial charge in [-0.05, 0) is 61.6 Å². The summed E-state index contributed by atoms with van der Waals surface area (Å²) in [5.74, 6) is 1.85. The number of carbonyl (C=O) groups excluding carboxylic acids is 1. The summed E-state index contributed by atoms with van der Waals surface area (Å²) in [4.78, 5) is 12.7. The van der Waals surface area contributed by atoms with Gasteiger partial charge in [0.1, 0.15) is 18.1 Å². The average molecular weight is 355 g/mol. The van der Waals surface area contributed by atoms with Crippen LogP contribution in [-0.4, -0.2) is 25.7 Å². The van der Waals surface area contributed by atoms with Crippen LogP contribution in [0.4, 0.5) is 0 Å². The minimum Gasteiger partial charge on any atom is -0.496 e. The van der Waals surface area contributed by atoms with Gasteiger partial charge in [-0.15, -0.1) is 0 Å². The molecule has 1 atom stereocenters. The molecule has 2 aromatic carbocycles. The Bertz CT molecular complexity index is 768. The van der Waals surface area contributed by atoms with E-state index >= 15 is 0 Å². The van der Waals surface area contributed by atoms with E-state index in [1.165, 1.54) is 0 Å². The molecule has 0 aliphatic rings. The van der Waals surface area contributed by atoms with E-state index in [9.17, 15) is 4.79 Å². The maximum atomic E-state index is 12.7. The Labute approximate surface area is 156 Å². The summed E-state index contributed by atoms with van der Waals surface area (Å²) in [5.41, 5.74) is 3.69. The number of benzene rings is 2. The van der Waals surface area contributed by atoms with E-state index in [1.54, 1.807) is 7.11 Å². The molecule has 140 valence electrons. The number of hydrogen-bond acceptors (Lipinski definition) is 3. The summed E-state index contributed by atoms with van der Waals surface area (Å²) in [6.07, 6.45) is 0. The van der Waals surface area contributed by atoms with Gasteiger partial charge in [0, 0.05) is 5.56 Å². The van der Waals surface area contributed by atoms with Crippen LogP contribution in [0.3, 0.4) is 0 Å². The van der Waals surface area contributed by atoms with Crippen molar-refractivity contribution in [3.63, 3.8) is 0 Å². The fraction of sp³-hybridized carbons (Fsp3) is 0.409. The van der Waals surface area contributed by atoms with Crippen LogP contribution in [0.5, 0.6) is 11.5 Å². The van der Waals surface area contributed by atoms with Gasteiger partial charge in [0.05, 0.1) is 13.2 Å². The molecule has 0 radical (unpaired) electrons. The summed E-state index contributed by atoms with van der Waals surface area (Å²) in [6.45, 7) is 10.5. The molecule has 1 amide bonds. The van der Waals surface area contributed by atoms with Crippen molar-refractivity contribution in [1.82, 2.24) is 5.32 Å². The molecule has 0 saturated heterocycles. The van der Waals surface area contributed by atoms with Crippen LogP contribution < -0.4 is 14.8 Å². The third-order valence-electron chi connectivity index (χ3n) is 4.40. The van der Waals surface area contributed by atoms with E-state index in [0.717, 1.165) is 28.2 Å². The quantitative estimate of drug-likeness (QED) is 0.787. The highest BCUT2D eigenvalue weighted by Gasteiger charge is 2.17. The lowest BCUT2D eigenvalue weighted by atomic mass is 9.96. The predicted molar refractivity (Wildman–Crippen MR) is 105 cm³/mol. The van der Waals surface area contributed by atoms with Gasteiger partial charge in [-0.1, -0.05) is 32.0 Å². The van der Waals surface area contributed by atoms with Gasteiger partial charge in [-0.3, -0.25) is 4.79 Å². The number of nitrogens with one attached hydrogen (secondary N) is 1. The Balaban J connectivity index is 2.07. The van der Waals surface area contributed by atoms with E-state index in [0.29, 0.717) is 12.2 Å². The van der Waals surface area contributed by atoms with Gasteiger partial charge in [-0.25, -0.2) is 0 Å². The van der Waals surface area contributed by atoms with Crippen LogP contribution in [-0.2, 0) is 0 Å². The first kappa shape index (κ1) is 19.8. The average Bonchev–Trinajstić information content (AvgIpc) is 2.60. The Morgan fingerprint density at radius 3 is 2.35 bits per heavy atom. The smallest absolute Gasteiger partial charge is 0.251 e.